The quantitative estimate of drug-likeness (QED) is 0.586. The van der Waals surface area contributed by atoms with Gasteiger partial charge < -0.3 is 10.1 Å². The number of non-ortho nitro benzene ring substituents is 1. The molecular weight excluding hydrogens is 256 g/mol. The maximum atomic E-state index is 10.8. The Bertz CT molecular complexity index is 446. The Hall–Kier alpha value is -1.46. The first-order chi connectivity index (χ1) is 9.35. The van der Waals surface area contributed by atoms with Gasteiger partial charge in [-0.3, -0.25) is 10.1 Å². The van der Waals surface area contributed by atoms with Crippen LogP contribution < -0.4 is 5.32 Å². The highest BCUT2D eigenvalue weighted by Crippen LogP contribution is 2.23. The van der Waals surface area contributed by atoms with E-state index in [0.717, 1.165) is 25.1 Å². The van der Waals surface area contributed by atoms with E-state index in [1.807, 2.05) is 13.0 Å². The number of benzene rings is 1. The van der Waals surface area contributed by atoms with Crippen molar-refractivity contribution in [2.45, 2.75) is 33.2 Å². The molecule has 0 aliphatic rings. The summed E-state index contributed by atoms with van der Waals surface area (Å²) in [7, 11) is 1.70. The number of hydrogen-bond acceptors (Lipinski definition) is 4. The average molecular weight is 280 g/mol. The van der Waals surface area contributed by atoms with Crippen LogP contribution in [0.15, 0.2) is 24.3 Å². The standard InChI is InChI=1S/C15H24N2O3/c1-12(16-11-15(2,3)8-9-20-4)13-6-5-7-14(10-13)17(18)19/h5-7,10,12,16H,8-9,11H2,1-4H3. The van der Waals surface area contributed by atoms with Gasteiger partial charge in [0, 0.05) is 38.4 Å². The summed E-state index contributed by atoms with van der Waals surface area (Å²) < 4.78 is 5.11. The normalized spacial score (nSPS) is 13.2. The molecule has 1 rings (SSSR count). The molecule has 0 spiro atoms. The predicted octanol–water partition coefficient (Wildman–Crippen LogP) is 3.31. The van der Waals surface area contributed by atoms with Crippen LogP contribution in [0.3, 0.4) is 0 Å². The van der Waals surface area contributed by atoms with Gasteiger partial charge in [-0.25, -0.2) is 0 Å². The maximum absolute atomic E-state index is 10.8. The Morgan fingerprint density at radius 2 is 2.15 bits per heavy atom. The average Bonchev–Trinajstić information content (AvgIpc) is 2.43. The third-order valence-electron chi connectivity index (χ3n) is 3.45. The van der Waals surface area contributed by atoms with E-state index in [-0.39, 0.29) is 22.1 Å². The Labute approximate surface area is 120 Å². The molecule has 1 unspecified atom stereocenters. The molecule has 0 aromatic heterocycles. The smallest absolute Gasteiger partial charge is 0.269 e. The molecule has 0 heterocycles. The van der Waals surface area contributed by atoms with Crippen molar-refractivity contribution in [1.29, 1.82) is 0 Å². The summed E-state index contributed by atoms with van der Waals surface area (Å²) in [6.45, 7) is 7.95. The molecule has 5 nitrogen and oxygen atoms in total. The third-order valence-corrected chi connectivity index (χ3v) is 3.45. The minimum atomic E-state index is -0.362. The number of nitrogens with zero attached hydrogens (tertiary/aromatic N) is 1. The summed E-state index contributed by atoms with van der Waals surface area (Å²) in [6, 6.07) is 6.85. The van der Waals surface area contributed by atoms with Gasteiger partial charge in [0.25, 0.3) is 5.69 Å². The van der Waals surface area contributed by atoms with E-state index in [9.17, 15) is 10.1 Å². The fourth-order valence-electron chi connectivity index (χ4n) is 1.92. The van der Waals surface area contributed by atoms with E-state index in [4.69, 9.17) is 4.74 Å². The SMILES string of the molecule is COCCC(C)(C)CNC(C)c1cccc([N+](=O)[O-])c1. The van der Waals surface area contributed by atoms with E-state index in [0.29, 0.717) is 0 Å². The van der Waals surface area contributed by atoms with Gasteiger partial charge in [0.15, 0.2) is 0 Å². The predicted molar refractivity (Wildman–Crippen MR) is 79.8 cm³/mol. The van der Waals surface area contributed by atoms with Crippen LogP contribution in [0.1, 0.15) is 38.8 Å². The van der Waals surface area contributed by atoms with Crippen LogP contribution in [0.25, 0.3) is 0 Å². The van der Waals surface area contributed by atoms with E-state index in [2.05, 4.69) is 19.2 Å². The first kappa shape index (κ1) is 16.6. The molecule has 1 aromatic carbocycles. The van der Waals surface area contributed by atoms with Crippen molar-refractivity contribution < 1.29 is 9.66 Å². The number of nitrogens with one attached hydrogen (secondary N) is 1. The van der Waals surface area contributed by atoms with Crippen LogP contribution in [0, 0.1) is 15.5 Å². The largest absolute Gasteiger partial charge is 0.385 e. The van der Waals surface area contributed by atoms with Crippen molar-refractivity contribution in [2.75, 3.05) is 20.3 Å². The Kier molecular flexibility index (Phi) is 6.10. The van der Waals surface area contributed by atoms with E-state index in [1.165, 1.54) is 6.07 Å². The molecule has 0 aliphatic heterocycles. The van der Waals surface area contributed by atoms with Crippen LogP contribution in [0.5, 0.6) is 0 Å². The van der Waals surface area contributed by atoms with Crippen molar-refractivity contribution in [3.63, 3.8) is 0 Å². The summed E-state index contributed by atoms with van der Waals surface area (Å²) >= 11 is 0. The fourth-order valence-corrected chi connectivity index (χ4v) is 1.92. The molecule has 0 aliphatic carbocycles. The number of ether oxygens (including phenoxy) is 1. The molecule has 0 radical (unpaired) electrons. The minimum Gasteiger partial charge on any atom is -0.385 e. The van der Waals surface area contributed by atoms with Crippen molar-refractivity contribution in [3.8, 4) is 0 Å². The topological polar surface area (TPSA) is 64.4 Å². The van der Waals surface area contributed by atoms with Gasteiger partial charge in [0.2, 0.25) is 0 Å². The lowest BCUT2D eigenvalue weighted by atomic mass is 9.89. The van der Waals surface area contributed by atoms with Gasteiger partial charge in [0.05, 0.1) is 4.92 Å². The van der Waals surface area contributed by atoms with Crippen LogP contribution in [0.2, 0.25) is 0 Å². The van der Waals surface area contributed by atoms with E-state index in [1.54, 1.807) is 19.2 Å². The number of nitro benzene ring substituents is 1. The van der Waals surface area contributed by atoms with Crippen LogP contribution in [0.4, 0.5) is 5.69 Å². The molecule has 1 atom stereocenters. The molecule has 0 fully saturated rings. The first-order valence-corrected chi connectivity index (χ1v) is 6.82. The van der Waals surface area contributed by atoms with E-state index >= 15 is 0 Å². The molecule has 0 saturated carbocycles. The second-order valence-corrected chi connectivity index (χ2v) is 5.86. The Balaban J connectivity index is 2.60. The Morgan fingerprint density at radius 1 is 1.45 bits per heavy atom. The highest BCUT2D eigenvalue weighted by Gasteiger charge is 2.19. The van der Waals surface area contributed by atoms with Crippen molar-refractivity contribution in [1.82, 2.24) is 5.32 Å². The summed E-state index contributed by atoms with van der Waals surface area (Å²) in [5, 5.41) is 14.2. The van der Waals surface area contributed by atoms with Gasteiger partial charge in [-0.15, -0.1) is 0 Å². The van der Waals surface area contributed by atoms with Crippen LogP contribution in [-0.2, 0) is 4.74 Å². The van der Waals surface area contributed by atoms with Crippen molar-refractivity contribution in [3.05, 3.63) is 39.9 Å². The maximum Gasteiger partial charge on any atom is 0.269 e. The summed E-state index contributed by atoms with van der Waals surface area (Å²) in [6.07, 6.45) is 0.970. The number of methoxy groups -OCH3 is 1. The first-order valence-electron chi connectivity index (χ1n) is 6.82. The molecule has 0 saturated heterocycles. The van der Waals surface area contributed by atoms with Gasteiger partial charge in [-0.2, -0.15) is 0 Å². The highest BCUT2D eigenvalue weighted by molar-refractivity contribution is 5.35. The number of nitro groups is 1. The molecule has 20 heavy (non-hydrogen) atoms. The minimum absolute atomic E-state index is 0.0803. The summed E-state index contributed by atoms with van der Waals surface area (Å²) in [4.78, 5) is 10.4. The molecule has 1 aromatic rings. The molecule has 5 heteroatoms. The lowest BCUT2D eigenvalue weighted by Gasteiger charge is -2.27. The van der Waals surface area contributed by atoms with Gasteiger partial charge in [-0.05, 0) is 24.3 Å². The Morgan fingerprint density at radius 3 is 2.75 bits per heavy atom. The third kappa shape index (κ3) is 5.27. The van der Waals surface area contributed by atoms with Gasteiger partial charge in [-0.1, -0.05) is 26.0 Å². The second-order valence-electron chi connectivity index (χ2n) is 5.86. The molecule has 0 amide bonds. The van der Waals surface area contributed by atoms with E-state index < -0.39 is 0 Å². The highest BCUT2D eigenvalue weighted by atomic mass is 16.6. The zero-order chi connectivity index (χ0) is 15.2. The lowest BCUT2D eigenvalue weighted by Crippen LogP contribution is -2.32. The van der Waals surface area contributed by atoms with Crippen LogP contribution in [-0.4, -0.2) is 25.2 Å². The van der Waals surface area contributed by atoms with Crippen molar-refractivity contribution >= 4 is 5.69 Å². The number of hydrogen-bond donors (Lipinski definition) is 1. The molecule has 1 N–H and O–H groups in total. The second kappa shape index (κ2) is 7.36. The van der Waals surface area contributed by atoms with Gasteiger partial charge >= 0.3 is 0 Å². The van der Waals surface area contributed by atoms with Crippen molar-refractivity contribution in [2.24, 2.45) is 5.41 Å². The molecular formula is C15H24N2O3. The van der Waals surface area contributed by atoms with Crippen LogP contribution >= 0.6 is 0 Å². The lowest BCUT2D eigenvalue weighted by molar-refractivity contribution is -0.384. The zero-order valence-corrected chi connectivity index (χ0v) is 12.7. The van der Waals surface area contributed by atoms with Gasteiger partial charge in [0.1, 0.15) is 0 Å². The number of rotatable bonds is 8. The molecule has 0 bridgehead atoms. The monoisotopic (exact) mass is 280 g/mol. The summed E-state index contributed by atoms with van der Waals surface area (Å²) in [5.74, 6) is 0. The summed E-state index contributed by atoms with van der Waals surface area (Å²) in [5.41, 5.74) is 1.20. The zero-order valence-electron chi connectivity index (χ0n) is 12.7. The molecule has 112 valence electrons. The fraction of sp³-hybridized carbons (Fsp3) is 0.600.